The lowest BCUT2D eigenvalue weighted by atomic mass is 9.87. The smallest absolute Gasteiger partial charge is 0.388 e. The number of carbonyl (C=O) groups excluding carboxylic acids is 2. The van der Waals surface area contributed by atoms with Gasteiger partial charge in [-0.25, -0.2) is 4.79 Å². The fraction of sp³-hybridized carbons (Fsp3) is 0.900. The van der Waals surface area contributed by atoms with E-state index < -0.39 is 71.9 Å². The molecule has 0 saturated carbocycles. The molecule has 0 aromatic rings. The Balaban J connectivity index is 6.19. The molecule has 0 saturated heterocycles. The van der Waals surface area contributed by atoms with Crippen LogP contribution < -0.4 is 0 Å². The maximum absolute atomic E-state index is 13.8. The van der Waals surface area contributed by atoms with E-state index in [0.717, 1.165) is 12.8 Å². The molecule has 0 aliphatic carbocycles. The van der Waals surface area contributed by atoms with Gasteiger partial charge in [0.15, 0.2) is 0 Å². The van der Waals surface area contributed by atoms with Gasteiger partial charge >= 0.3 is 65.5 Å². The summed E-state index contributed by atoms with van der Waals surface area (Å²) in [4.78, 5) is 22.6. The molecule has 0 N–H and O–H groups in total. The SMILES string of the molecule is CCCCCCCCCC(=O)OC(=O)C(F)(F)C(F)(F)C(F)(F)C(F)(F)C(F)(F)C(F)(F)C(F)(F)C(F)(F)C(F)(F)F. The maximum atomic E-state index is 13.8. The van der Waals surface area contributed by atoms with Crippen molar-refractivity contribution in [2.45, 2.75) is 112 Å². The zero-order valence-corrected chi connectivity index (χ0v) is 20.6. The van der Waals surface area contributed by atoms with Crippen LogP contribution in [0.1, 0.15) is 58.3 Å². The van der Waals surface area contributed by atoms with Crippen molar-refractivity contribution in [1.29, 1.82) is 0 Å². The molecule has 0 atom stereocenters. The van der Waals surface area contributed by atoms with Crippen molar-refractivity contribution in [2.75, 3.05) is 0 Å². The van der Waals surface area contributed by atoms with E-state index in [9.17, 15) is 93.0 Å². The van der Waals surface area contributed by atoms with Crippen LogP contribution in [0.5, 0.6) is 0 Å². The van der Waals surface area contributed by atoms with Crippen LogP contribution in [0.3, 0.4) is 0 Å². The quantitative estimate of drug-likeness (QED) is 0.0715. The molecule has 0 heterocycles. The van der Waals surface area contributed by atoms with Crippen molar-refractivity contribution >= 4 is 11.9 Å². The molecule has 0 bridgehead atoms. The first-order chi connectivity index (χ1) is 18.4. The molecule has 0 aliphatic heterocycles. The van der Waals surface area contributed by atoms with Crippen molar-refractivity contribution in [3.63, 3.8) is 0 Å². The van der Waals surface area contributed by atoms with E-state index in [4.69, 9.17) is 0 Å². The van der Waals surface area contributed by atoms with Gasteiger partial charge in [0.25, 0.3) is 0 Å². The van der Waals surface area contributed by atoms with E-state index in [1.807, 2.05) is 6.92 Å². The van der Waals surface area contributed by atoms with E-state index >= 15 is 0 Å². The molecule has 0 radical (unpaired) electrons. The average molecular weight is 668 g/mol. The highest BCUT2D eigenvalue weighted by Gasteiger charge is 2.97. The van der Waals surface area contributed by atoms with Gasteiger partial charge in [-0.15, -0.1) is 0 Å². The molecule has 22 heteroatoms. The highest BCUT2D eigenvalue weighted by Crippen LogP contribution is 2.65. The molecular formula is C20H19F19O3. The Hall–Kier alpha value is -2.19. The summed E-state index contributed by atoms with van der Waals surface area (Å²) >= 11 is 0. The summed E-state index contributed by atoms with van der Waals surface area (Å²) in [5, 5.41) is 0. The largest absolute Gasteiger partial charge is 0.460 e. The number of halogens is 19. The number of hydrogen-bond acceptors (Lipinski definition) is 3. The van der Waals surface area contributed by atoms with Gasteiger partial charge in [0.05, 0.1) is 0 Å². The lowest BCUT2D eigenvalue weighted by molar-refractivity contribution is -0.467. The van der Waals surface area contributed by atoms with Gasteiger partial charge in [-0.1, -0.05) is 45.4 Å². The average Bonchev–Trinajstić information content (AvgIpc) is 2.81. The summed E-state index contributed by atoms with van der Waals surface area (Å²) in [6.45, 7) is 1.85. The summed E-state index contributed by atoms with van der Waals surface area (Å²) in [5.41, 5.74) is 0. The van der Waals surface area contributed by atoms with Gasteiger partial charge in [-0.2, -0.15) is 83.4 Å². The number of alkyl halides is 19. The normalized spacial score (nSPS) is 15.1. The van der Waals surface area contributed by atoms with Crippen molar-refractivity contribution in [3.8, 4) is 0 Å². The van der Waals surface area contributed by atoms with Gasteiger partial charge in [0.1, 0.15) is 0 Å². The van der Waals surface area contributed by atoms with Crippen molar-refractivity contribution < 1.29 is 97.7 Å². The van der Waals surface area contributed by atoms with Crippen LogP contribution in [0.15, 0.2) is 0 Å². The zero-order chi connectivity index (χ0) is 34.0. The number of unbranched alkanes of at least 4 members (excludes halogenated alkanes) is 6. The van der Waals surface area contributed by atoms with Crippen molar-refractivity contribution in [3.05, 3.63) is 0 Å². The minimum Gasteiger partial charge on any atom is -0.388 e. The van der Waals surface area contributed by atoms with E-state index in [0.29, 0.717) is 19.3 Å². The van der Waals surface area contributed by atoms with Crippen LogP contribution in [-0.2, 0) is 14.3 Å². The van der Waals surface area contributed by atoms with Gasteiger partial charge in [0.2, 0.25) is 0 Å². The summed E-state index contributed by atoms with van der Waals surface area (Å²) in [6.07, 6.45) is -5.93. The Morgan fingerprint density at radius 1 is 0.452 bits per heavy atom. The Kier molecular flexibility index (Phi) is 11.8. The predicted molar refractivity (Wildman–Crippen MR) is 99.3 cm³/mol. The van der Waals surface area contributed by atoms with E-state index in [2.05, 4.69) is 4.74 Å². The molecule has 250 valence electrons. The van der Waals surface area contributed by atoms with Gasteiger partial charge in [-0.3, -0.25) is 4.79 Å². The zero-order valence-electron chi connectivity index (χ0n) is 20.6. The lowest BCUT2D eigenvalue weighted by Gasteiger charge is -2.43. The molecule has 0 aromatic heterocycles. The highest BCUT2D eigenvalue weighted by atomic mass is 19.4. The van der Waals surface area contributed by atoms with E-state index in [-0.39, 0.29) is 12.8 Å². The fourth-order valence-corrected chi connectivity index (χ4v) is 2.93. The molecule has 0 unspecified atom stereocenters. The molecular weight excluding hydrogens is 649 g/mol. The fourth-order valence-electron chi connectivity index (χ4n) is 2.93. The summed E-state index contributed by atoms with van der Waals surface area (Å²) < 4.78 is 255. The molecule has 0 rings (SSSR count). The van der Waals surface area contributed by atoms with Crippen molar-refractivity contribution in [2.24, 2.45) is 0 Å². The molecule has 0 aromatic carbocycles. The predicted octanol–water partition coefficient (Wildman–Crippen LogP) is 8.84. The Bertz CT molecular complexity index is 939. The molecule has 0 spiro atoms. The Morgan fingerprint density at radius 3 is 1.12 bits per heavy atom. The van der Waals surface area contributed by atoms with Crippen LogP contribution >= 0.6 is 0 Å². The number of ether oxygens (including phenoxy) is 1. The van der Waals surface area contributed by atoms with E-state index in [1.165, 1.54) is 0 Å². The first kappa shape index (κ1) is 39.8. The highest BCUT2D eigenvalue weighted by molar-refractivity contribution is 5.90. The second kappa shape index (κ2) is 12.4. The first-order valence-corrected chi connectivity index (χ1v) is 11.2. The molecule has 0 aliphatic rings. The Labute approximate surface area is 222 Å². The van der Waals surface area contributed by atoms with E-state index in [1.54, 1.807) is 0 Å². The van der Waals surface area contributed by atoms with Crippen LogP contribution in [0.2, 0.25) is 0 Å². The maximum Gasteiger partial charge on any atom is 0.460 e. The minimum atomic E-state index is -9.10. The standard InChI is InChI=1S/C20H19F19O3/c1-2-3-4-5-6-7-8-9-10(40)42-11(41)12(21,22)13(23,24)14(25,26)15(27,28)16(29,30)17(31,32)18(33,34)19(35,36)20(37,38)39/h2-9H2,1H3. The van der Waals surface area contributed by atoms with Crippen LogP contribution in [-0.4, -0.2) is 65.5 Å². The van der Waals surface area contributed by atoms with Gasteiger partial charge in [-0.05, 0) is 6.42 Å². The summed E-state index contributed by atoms with van der Waals surface area (Å²) in [6, 6.07) is 0. The third-order valence-electron chi connectivity index (χ3n) is 5.56. The number of hydrogen-bond donors (Lipinski definition) is 0. The second-order valence-corrected chi connectivity index (χ2v) is 8.73. The number of esters is 2. The third-order valence-corrected chi connectivity index (χ3v) is 5.56. The second-order valence-electron chi connectivity index (χ2n) is 8.73. The molecule has 0 fully saturated rings. The van der Waals surface area contributed by atoms with Gasteiger partial charge < -0.3 is 4.74 Å². The number of rotatable bonds is 16. The summed E-state index contributed by atoms with van der Waals surface area (Å²) in [5.74, 6) is -75.5. The van der Waals surface area contributed by atoms with Crippen LogP contribution in [0, 0.1) is 0 Å². The first-order valence-electron chi connectivity index (χ1n) is 11.2. The molecule has 42 heavy (non-hydrogen) atoms. The van der Waals surface area contributed by atoms with Crippen molar-refractivity contribution in [1.82, 2.24) is 0 Å². The molecule has 0 amide bonds. The lowest BCUT2D eigenvalue weighted by Crippen LogP contribution is -2.76. The molecule has 3 nitrogen and oxygen atoms in total. The minimum absolute atomic E-state index is 0.116. The third kappa shape index (κ3) is 6.50. The monoisotopic (exact) mass is 668 g/mol. The Morgan fingerprint density at radius 2 is 0.762 bits per heavy atom. The topological polar surface area (TPSA) is 43.4 Å². The van der Waals surface area contributed by atoms with Crippen LogP contribution in [0.25, 0.3) is 0 Å². The van der Waals surface area contributed by atoms with Crippen LogP contribution in [0.4, 0.5) is 83.4 Å². The van der Waals surface area contributed by atoms with Gasteiger partial charge in [0, 0.05) is 6.42 Å². The summed E-state index contributed by atoms with van der Waals surface area (Å²) in [7, 11) is 0. The number of carbonyl (C=O) groups is 2.